The summed E-state index contributed by atoms with van der Waals surface area (Å²) in [6.45, 7) is 2.57. The number of halogens is 1. The molecule has 0 fully saturated rings. The summed E-state index contributed by atoms with van der Waals surface area (Å²) in [6.07, 6.45) is 1.95. The Kier molecular flexibility index (Phi) is 7.12. The lowest BCUT2D eigenvalue weighted by molar-refractivity contribution is -0.129. The van der Waals surface area contributed by atoms with Gasteiger partial charge >= 0.3 is 0 Å². The molecule has 0 saturated heterocycles. The van der Waals surface area contributed by atoms with Crippen LogP contribution in [0.3, 0.4) is 0 Å². The smallest absolute Gasteiger partial charge is 0.222 e. The Morgan fingerprint density at radius 2 is 1.73 bits per heavy atom. The van der Waals surface area contributed by atoms with Gasteiger partial charge in [-0.25, -0.2) is 4.39 Å². The summed E-state index contributed by atoms with van der Waals surface area (Å²) in [4.78, 5) is 26.2. The molecule has 1 N–H and O–H groups in total. The molecule has 1 aromatic heterocycles. The van der Waals surface area contributed by atoms with E-state index in [-0.39, 0.29) is 30.3 Å². The third kappa shape index (κ3) is 5.86. The highest BCUT2D eigenvalue weighted by molar-refractivity contribution is 5.97. The Labute approximate surface area is 175 Å². The van der Waals surface area contributed by atoms with Crippen LogP contribution in [0.25, 0.3) is 11.3 Å². The van der Waals surface area contributed by atoms with Crippen LogP contribution in [0.2, 0.25) is 0 Å². The van der Waals surface area contributed by atoms with Crippen molar-refractivity contribution in [1.82, 2.24) is 15.1 Å². The third-order valence-corrected chi connectivity index (χ3v) is 5.08. The molecule has 0 aliphatic heterocycles. The molecular formula is C24H26FN3O2. The van der Waals surface area contributed by atoms with Crippen molar-refractivity contribution in [3.63, 3.8) is 0 Å². The number of H-pyrrole nitrogens is 1. The van der Waals surface area contributed by atoms with Gasteiger partial charge < -0.3 is 4.90 Å². The number of ketones is 1. The second-order valence-corrected chi connectivity index (χ2v) is 7.49. The average Bonchev–Trinajstić information content (AvgIpc) is 3.21. The summed E-state index contributed by atoms with van der Waals surface area (Å²) >= 11 is 0. The number of benzene rings is 2. The van der Waals surface area contributed by atoms with Crippen LogP contribution < -0.4 is 0 Å². The van der Waals surface area contributed by atoms with E-state index in [1.807, 2.05) is 25.1 Å². The minimum atomic E-state index is -0.275. The van der Waals surface area contributed by atoms with E-state index >= 15 is 0 Å². The highest BCUT2D eigenvalue weighted by Gasteiger charge is 2.13. The Bertz CT molecular complexity index is 994. The molecule has 0 aliphatic carbocycles. The van der Waals surface area contributed by atoms with Gasteiger partial charge in [0.2, 0.25) is 5.91 Å². The highest BCUT2D eigenvalue weighted by atomic mass is 19.1. The number of amides is 1. The van der Waals surface area contributed by atoms with E-state index in [0.29, 0.717) is 12.1 Å². The number of rotatable bonds is 9. The topological polar surface area (TPSA) is 66.1 Å². The number of aryl methyl sites for hydroxylation is 2. The fourth-order valence-electron chi connectivity index (χ4n) is 3.18. The molecule has 3 aromatic rings. The van der Waals surface area contributed by atoms with Crippen LogP contribution in [-0.4, -0.2) is 40.4 Å². The molecule has 0 spiro atoms. The molecule has 3 rings (SSSR count). The highest BCUT2D eigenvalue weighted by Crippen LogP contribution is 2.18. The van der Waals surface area contributed by atoms with Crippen LogP contribution >= 0.6 is 0 Å². The standard InChI is InChI=1S/C24H26FN3O2/c1-17-5-7-19(8-6-17)23(29)13-14-24(30)28(2)15-3-4-21-16-22(27-26-21)18-9-11-20(25)12-10-18/h5-12,16H,3-4,13-15H2,1-2H3,(H,26,27). The molecule has 0 saturated carbocycles. The first kappa shape index (κ1) is 21.4. The zero-order valence-electron chi connectivity index (χ0n) is 17.3. The van der Waals surface area contributed by atoms with Gasteiger partial charge in [-0.2, -0.15) is 5.10 Å². The molecule has 0 unspecified atom stereocenters. The Morgan fingerprint density at radius 3 is 2.43 bits per heavy atom. The zero-order valence-corrected chi connectivity index (χ0v) is 17.3. The SMILES string of the molecule is Cc1ccc(C(=O)CCC(=O)N(C)CCCc2cc(-c3ccc(F)cc3)n[nH]2)cc1. The van der Waals surface area contributed by atoms with Crippen molar-refractivity contribution in [3.8, 4) is 11.3 Å². The van der Waals surface area contributed by atoms with Crippen molar-refractivity contribution >= 4 is 11.7 Å². The number of Topliss-reactive ketones (excluding diaryl/α,β-unsaturated/α-hetero) is 1. The van der Waals surface area contributed by atoms with Crippen LogP contribution in [0.15, 0.2) is 54.6 Å². The molecule has 0 radical (unpaired) electrons. The largest absolute Gasteiger partial charge is 0.346 e. The van der Waals surface area contributed by atoms with E-state index in [4.69, 9.17) is 0 Å². The molecule has 0 bridgehead atoms. The van der Waals surface area contributed by atoms with Gasteiger partial charge in [0.25, 0.3) is 0 Å². The van der Waals surface area contributed by atoms with Crippen LogP contribution in [0.1, 0.15) is 40.9 Å². The average molecular weight is 407 g/mol. The molecular weight excluding hydrogens is 381 g/mol. The van der Waals surface area contributed by atoms with E-state index < -0.39 is 0 Å². The summed E-state index contributed by atoms with van der Waals surface area (Å²) in [5.74, 6) is -0.322. The van der Waals surface area contributed by atoms with Crippen molar-refractivity contribution in [1.29, 1.82) is 0 Å². The fourth-order valence-corrected chi connectivity index (χ4v) is 3.18. The summed E-state index contributed by atoms with van der Waals surface area (Å²) in [7, 11) is 1.76. The van der Waals surface area contributed by atoms with E-state index in [9.17, 15) is 14.0 Å². The van der Waals surface area contributed by atoms with Gasteiger partial charge in [0.15, 0.2) is 5.78 Å². The maximum Gasteiger partial charge on any atom is 0.222 e. The van der Waals surface area contributed by atoms with Crippen LogP contribution in [0.4, 0.5) is 4.39 Å². The quantitative estimate of drug-likeness (QED) is 0.528. The van der Waals surface area contributed by atoms with E-state index in [0.717, 1.165) is 35.4 Å². The number of hydrogen-bond donors (Lipinski definition) is 1. The predicted octanol–water partition coefficient (Wildman–Crippen LogP) is 4.58. The zero-order chi connectivity index (χ0) is 21.5. The number of nitrogens with zero attached hydrogens (tertiary/aromatic N) is 2. The number of aromatic amines is 1. The first-order valence-corrected chi connectivity index (χ1v) is 10.1. The first-order valence-electron chi connectivity index (χ1n) is 10.1. The van der Waals surface area contributed by atoms with Crippen molar-refractivity contribution < 1.29 is 14.0 Å². The maximum absolute atomic E-state index is 13.0. The Morgan fingerprint density at radius 1 is 1.03 bits per heavy atom. The Balaban J connectivity index is 1.41. The molecule has 1 amide bonds. The lowest BCUT2D eigenvalue weighted by atomic mass is 10.0. The van der Waals surface area contributed by atoms with E-state index in [1.54, 1.807) is 36.2 Å². The summed E-state index contributed by atoms with van der Waals surface area (Å²) in [5.41, 5.74) is 4.33. The van der Waals surface area contributed by atoms with Gasteiger partial charge in [0, 0.05) is 43.3 Å². The molecule has 2 aromatic carbocycles. The molecule has 30 heavy (non-hydrogen) atoms. The predicted molar refractivity (Wildman–Crippen MR) is 115 cm³/mol. The number of hydrogen-bond acceptors (Lipinski definition) is 3. The van der Waals surface area contributed by atoms with E-state index in [2.05, 4.69) is 10.2 Å². The maximum atomic E-state index is 13.0. The number of aromatic nitrogens is 2. The summed E-state index contributed by atoms with van der Waals surface area (Å²) < 4.78 is 13.0. The lowest BCUT2D eigenvalue weighted by Crippen LogP contribution is -2.28. The van der Waals surface area contributed by atoms with Gasteiger partial charge in [-0.3, -0.25) is 14.7 Å². The van der Waals surface area contributed by atoms with Gasteiger partial charge in [-0.05, 0) is 50.1 Å². The van der Waals surface area contributed by atoms with Crippen LogP contribution in [0, 0.1) is 12.7 Å². The van der Waals surface area contributed by atoms with Gasteiger partial charge in [-0.1, -0.05) is 29.8 Å². The minimum Gasteiger partial charge on any atom is -0.346 e. The van der Waals surface area contributed by atoms with Crippen molar-refractivity contribution in [2.75, 3.05) is 13.6 Å². The van der Waals surface area contributed by atoms with Crippen LogP contribution in [0.5, 0.6) is 0 Å². The summed E-state index contributed by atoms with van der Waals surface area (Å²) in [6, 6.07) is 15.6. The van der Waals surface area contributed by atoms with Crippen molar-refractivity contribution in [3.05, 3.63) is 77.2 Å². The number of carbonyl (C=O) groups excluding carboxylic acids is 2. The number of carbonyl (C=O) groups is 2. The Hall–Kier alpha value is -3.28. The molecule has 5 nitrogen and oxygen atoms in total. The molecule has 0 aliphatic rings. The van der Waals surface area contributed by atoms with Gasteiger partial charge in [-0.15, -0.1) is 0 Å². The fraction of sp³-hybridized carbons (Fsp3) is 0.292. The first-order chi connectivity index (χ1) is 14.4. The molecule has 1 heterocycles. The lowest BCUT2D eigenvalue weighted by Gasteiger charge is -2.16. The molecule has 6 heteroatoms. The van der Waals surface area contributed by atoms with E-state index in [1.165, 1.54) is 12.1 Å². The van der Waals surface area contributed by atoms with Gasteiger partial charge in [0.1, 0.15) is 5.82 Å². The van der Waals surface area contributed by atoms with Crippen molar-refractivity contribution in [2.24, 2.45) is 0 Å². The number of nitrogens with one attached hydrogen (secondary N) is 1. The second kappa shape index (κ2) is 9.96. The molecule has 0 atom stereocenters. The minimum absolute atomic E-state index is 0.0115. The van der Waals surface area contributed by atoms with Gasteiger partial charge in [0.05, 0.1) is 5.69 Å². The summed E-state index contributed by atoms with van der Waals surface area (Å²) in [5, 5.41) is 7.26. The monoisotopic (exact) mass is 407 g/mol. The normalized spacial score (nSPS) is 10.8. The molecule has 156 valence electrons. The second-order valence-electron chi connectivity index (χ2n) is 7.49. The van der Waals surface area contributed by atoms with Crippen LogP contribution in [-0.2, 0) is 11.2 Å². The third-order valence-electron chi connectivity index (χ3n) is 5.08. The van der Waals surface area contributed by atoms with Crippen molar-refractivity contribution in [2.45, 2.75) is 32.6 Å².